The van der Waals surface area contributed by atoms with Gasteiger partial charge in [-0.3, -0.25) is 4.79 Å². The number of carbonyl (C=O) groups excluding carboxylic acids is 1. The van der Waals surface area contributed by atoms with Gasteiger partial charge in [-0.25, -0.2) is 4.79 Å². The molecule has 1 rings (SSSR count). The minimum Gasteiger partial charge on any atom is -0.478 e. The summed E-state index contributed by atoms with van der Waals surface area (Å²) in [5, 5.41) is 9.38. The molecule has 0 fully saturated rings. The predicted molar refractivity (Wildman–Crippen MR) is 79.6 cm³/mol. The van der Waals surface area contributed by atoms with Crippen LogP contribution in [0.5, 0.6) is 0 Å². The summed E-state index contributed by atoms with van der Waals surface area (Å²) in [6.07, 6.45) is 4.25. The average molecular weight is 300 g/mol. The lowest BCUT2D eigenvalue weighted by molar-refractivity contribution is -0.109. The van der Waals surface area contributed by atoms with Crippen molar-refractivity contribution in [2.45, 2.75) is 13.3 Å². The summed E-state index contributed by atoms with van der Waals surface area (Å²) >= 11 is 7.09. The molecular weight excluding hydrogens is 286 g/mol. The van der Waals surface area contributed by atoms with Crippen molar-refractivity contribution >= 4 is 46.2 Å². The molecule has 1 aromatic carbocycles. The van der Waals surface area contributed by atoms with E-state index >= 15 is 0 Å². The van der Waals surface area contributed by atoms with E-state index in [0.717, 1.165) is 0 Å². The molecule has 0 saturated heterocycles. The fourth-order valence-corrected chi connectivity index (χ4v) is 2.20. The van der Waals surface area contributed by atoms with Gasteiger partial charge in [0.2, 0.25) is 0 Å². The van der Waals surface area contributed by atoms with Crippen LogP contribution in [0.1, 0.15) is 29.3 Å². The first-order valence-corrected chi connectivity index (χ1v) is 6.90. The van der Waals surface area contributed by atoms with Gasteiger partial charge in [-0.15, -0.1) is 0 Å². The first-order chi connectivity index (χ1) is 8.91. The number of anilines is 1. The number of rotatable bonds is 5. The molecule has 0 aliphatic rings. The Hall–Kier alpha value is -1.46. The van der Waals surface area contributed by atoms with Gasteiger partial charge in [0.05, 0.1) is 11.3 Å². The summed E-state index contributed by atoms with van der Waals surface area (Å²) in [7, 11) is 0. The van der Waals surface area contributed by atoms with Crippen LogP contribution in [0.25, 0.3) is 6.08 Å². The summed E-state index contributed by atoms with van der Waals surface area (Å²) in [6, 6.07) is 2.93. The normalized spacial score (nSPS) is 10.8. The summed E-state index contributed by atoms with van der Waals surface area (Å²) in [5.41, 5.74) is 6.51. The third-order valence-electron chi connectivity index (χ3n) is 2.29. The largest absolute Gasteiger partial charge is 0.478 e. The molecule has 0 radical (unpaired) electrons. The number of allylic oxidation sites excluding steroid dienone is 1. The quantitative estimate of drug-likeness (QED) is 0.644. The molecule has 1 aromatic rings. The van der Waals surface area contributed by atoms with E-state index < -0.39 is 5.97 Å². The lowest BCUT2D eigenvalue weighted by Gasteiger charge is -2.06. The van der Waals surface area contributed by atoms with E-state index in [2.05, 4.69) is 0 Å². The van der Waals surface area contributed by atoms with Crippen LogP contribution in [-0.2, 0) is 4.79 Å². The van der Waals surface area contributed by atoms with Crippen molar-refractivity contribution in [1.82, 2.24) is 0 Å². The van der Waals surface area contributed by atoms with E-state index in [0.29, 0.717) is 22.8 Å². The molecule has 19 heavy (non-hydrogen) atoms. The number of aromatic carboxylic acids is 1. The number of hydrogen-bond acceptors (Lipinski definition) is 4. The molecule has 0 saturated carbocycles. The zero-order valence-corrected chi connectivity index (χ0v) is 11.9. The molecule has 4 nitrogen and oxygen atoms in total. The van der Waals surface area contributed by atoms with E-state index in [1.165, 1.54) is 24.8 Å². The van der Waals surface area contributed by atoms with E-state index in [1.807, 2.05) is 6.08 Å². The highest BCUT2D eigenvalue weighted by atomic mass is 35.5. The molecule has 0 spiro atoms. The van der Waals surface area contributed by atoms with Crippen molar-refractivity contribution in [3.63, 3.8) is 0 Å². The molecule has 0 aliphatic carbocycles. The Morgan fingerprint density at radius 1 is 1.47 bits per heavy atom. The van der Waals surface area contributed by atoms with Gasteiger partial charge in [0.25, 0.3) is 0 Å². The number of benzene rings is 1. The van der Waals surface area contributed by atoms with Crippen molar-refractivity contribution in [2.75, 3.05) is 11.5 Å². The second kappa shape index (κ2) is 7.21. The summed E-state index contributed by atoms with van der Waals surface area (Å²) in [4.78, 5) is 21.7. The molecule has 102 valence electrons. The number of thioether (sulfide) groups is 1. The molecule has 0 aromatic heterocycles. The van der Waals surface area contributed by atoms with Crippen LogP contribution < -0.4 is 5.73 Å². The summed E-state index contributed by atoms with van der Waals surface area (Å²) in [6.45, 7) is 1.52. The zero-order valence-electron chi connectivity index (χ0n) is 10.4. The lowest BCUT2D eigenvalue weighted by atomic mass is 10.1. The Bertz CT molecular complexity index is 529. The van der Waals surface area contributed by atoms with Gasteiger partial charge in [0.15, 0.2) is 5.12 Å². The predicted octanol–water partition coefficient (Wildman–Crippen LogP) is 3.30. The van der Waals surface area contributed by atoms with Crippen LogP contribution in [0.3, 0.4) is 0 Å². The average Bonchev–Trinajstić information content (AvgIpc) is 2.31. The minimum atomic E-state index is -1.11. The van der Waals surface area contributed by atoms with Crippen molar-refractivity contribution in [2.24, 2.45) is 0 Å². The van der Waals surface area contributed by atoms with E-state index in [-0.39, 0.29) is 16.4 Å². The maximum absolute atomic E-state index is 11.0. The SMILES string of the molecule is CC(=O)SCCC=Cc1cc(Cl)cc(C(=O)O)c1N. The molecule has 0 amide bonds. The van der Waals surface area contributed by atoms with E-state index in [4.69, 9.17) is 22.4 Å². The maximum atomic E-state index is 11.0. The minimum absolute atomic E-state index is 0.00902. The second-order valence-electron chi connectivity index (χ2n) is 3.79. The number of nitrogen functional groups attached to an aromatic ring is 1. The molecule has 3 N–H and O–H groups in total. The number of hydrogen-bond donors (Lipinski definition) is 2. The van der Waals surface area contributed by atoms with Crippen molar-refractivity contribution in [1.29, 1.82) is 0 Å². The van der Waals surface area contributed by atoms with Gasteiger partial charge in [0.1, 0.15) is 0 Å². The standard InChI is InChI=1S/C13H14ClNO3S/c1-8(16)19-5-3-2-4-9-6-10(14)7-11(12(9)15)13(17)18/h2,4,6-7H,3,5,15H2,1H3,(H,17,18). The van der Waals surface area contributed by atoms with E-state index in [1.54, 1.807) is 12.1 Å². The van der Waals surface area contributed by atoms with Gasteiger partial charge in [-0.05, 0) is 24.1 Å². The molecule has 0 heterocycles. The van der Waals surface area contributed by atoms with Crippen LogP contribution >= 0.6 is 23.4 Å². The Labute approximate surface area is 120 Å². The van der Waals surface area contributed by atoms with Crippen molar-refractivity contribution in [3.05, 3.63) is 34.4 Å². The summed E-state index contributed by atoms with van der Waals surface area (Å²) < 4.78 is 0. The molecule has 0 aliphatic heterocycles. The van der Waals surface area contributed by atoms with Crippen molar-refractivity contribution in [3.8, 4) is 0 Å². The van der Waals surface area contributed by atoms with Crippen LogP contribution in [0.4, 0.5) is 5.69 Å². The molecule has 6 heteroatoms. The monoisotopic (exact) mass is 299 g/mol. The number of carbonyl (C=O) groups is 2. The maximum Gasteiger partial charge on any atom is 0.337 e. The topological polar surface area (TPSA) is 80.4 Å². The van der Waals surface area contributed by atoms with Gasteiger partial charge >= 0.3 is 5.97 Å². The lowest BCUT2D eigenvalue weighted by Crippen LogP contribution is -2.04. The Balaban J connectivity index is 2.80. The fourth-order valence-electron chi connectivity index (χ4n) is 1.43. The van der Waals surface area contributed by atoms with Gasteiger partial charge < -0.3 is 10.8 Å². The molecule has 0 atom stereocenters. The Kier molecular flexibility index (Phi) is 5.92. The molecule has 0 bridgehead atoms. The number of nitrogens with two attached hydrogens (primary N) is 1. The first kappa shape index (κ1) is 15.6. The molecule has 0 unspecified atom stereocenters. The van der Waals surface area contributed by atoms with E-state index in [9.17, 15) is 9.59 Å². The van der Waals surface area contributed by atoms with Crippen LogP contribution in [-0.4, -0.2) is 21.9 Å². The van der Waals surface area contributed by atoms with Crippen LogP contribution in [0, 0.1) is 0 Å². The first-order valence-electron chi connectivity index (χ1n) is 5.54. The van der Waals surface area contributed by atoms with Crippen LogP contribution in [0.15, 0.2) is 18.2 Å². The van der Waals surface area contributed by atoms with Crippen LogP contribution in [0.2, 0.25) is 5.02 Å². The number of carboxylic acids is 1. The van der Waals surface area contributed by atoms with Gasteiger partial charge in [-0.2, -0.15) is 0 Å². The molecular formula is C13H14ClNO3S. The Morgan fingerprint density at radius 3 is 2.74 bits per heavy atom. The summed E-state index contributed by atoms with van der Waals surface area (Å²) in [5.74, 6) is -0.431. The highest BCUT2D eigenvalue weighted by molar-refractivity contribution is 8.13. The second-order valence-corrected chi connectivity index (χ2v) is 5.50. The number of halogens is 1. The Morgan fingerprint density at radius 2 is 2.16 bits per heavy atom. The highest BCUT2D eigenvalue weighted by Gasteiger charge is 2.11. The number of carboxylic acid groups (broad SMARTS) is 1. The van der Waals surface area contributed by atoms with Gasteiger partial charge in [-0.1, -0.05) is 35.5 Å². The third-order valence-corrected chi connectivity index (χ3v) is 3.36. The zero-order chi connectivity index (χ0) is 14.4. The third kappa shape index (κ3) is 4.96. The fraction of sp³-hybridized carbons (Fsp3) is 0.231. The van der Waals surface area contributed by atoms with Crippen molar-refractivity contribution < 1.29 is 14.7 Å². The highest BCUT2D eigenvalue weighted by Crippen LogP contribution is 2.25. The van der Waals surface area contributed by atoms with Gasteiger partial charge in [0, 0.05) is 17.7 Å². The smallest absolute Gasteiger partial charge is 0.337 e.